The fourth-order valence-corrected chi connectivity index (χ4v) is 2.97. The first-order valence-electron chi connectivity index (χ1n) is 7.27. The zero-order valence-electron chi connectivity index (χ0n) is 12.5. The van der Waals surface area contributed by atoms with E-state index < -0.39 is 49.3 Å². The van der Waals surface area contributed by atoms with Crippen LogP contribution in [0.3, 0.4) is 0 Å². The normalized spacial score (nSPS) is 21.3. The second kappa shape index (κ2) is 6.08. The maximum absolute atomic E-state index is 13.1. The number of anilines is 1. The lowest BCUT2D eigenvalue weighted by Crippen LogP contribution is -2.33. The lowest BCUT2D eigenvalue weighted by Gasteiger charge is -2.20. The number of aromatic nitrogens is 2. The molecule has 0 unspecified atom stereocenters. The van der Waals surface area contributed by atoms with E-state index in [0.29, 0.717) is 5.39 Å². The highest BCUT2D eigenvalue weighted by molar-refractivity contribution is 5.90. The monoisotopic (exact) mass is 361 g/mol. The molecule has 3 rings (SSSR count). The molecule has 2 aromatic rings. The van der Waals surface area contributed by atoms with Gasteiger partial charge < -0.3 is 10.0 Å². The Morgan fingerprint density at radius 3 is 2.44 bits per heavy atom. The predicted octanol–water partition coefficient (Wildman–Crippen LogP) is 3.27. The van der Waals surface area contributed by atoms with Crippen LogP contribution in [0.5, 0.6) is 0 Å². The fraction of sp³-hybridized carbons (Fsp3) is 0.400. The van der Waals surface area contributed by atoms with E-state index in [0.717, 1.165) is 4.90 Å². The predicted molar refractivity (Wildman–Crippen MR) is 77.4 cm³/mol. The fourth-order valence-electron chi connectivity index (χ4n) is 2.97. The van der Waals surface area contributed by atoms with Crippen LogP contribution in [0.4, 0.5) is 27.8 Å². The van der Waals surface area contributed by atoms with E-state index >= 15 is 0 Å². The number of rotatable bonds is 3. The molecule has 1 aliphatic rings. The van der Waals surface area contributed by atoms with Gasteiger partial charge in [0.2, 0.25) is 0 Å². The number of aliphatic carboxylic acids is 1. The van der Waals surface area contributed by atoms with Crippen molar-refractivity contribution in [2.75, 3.05) is 18.0 Å². The zero-order valence-corrected chi connectivity index (χ0v) is 12.5. The van der Waals surface area contributed by atoms with Crippen LogP contribution in [0.25, 0.3) is 10.9 Å². The Morgan fingerprint density at radius 2 is 1.88 bits per heavy atom. The number of alkyl halides is 5. The maximum Gasteiger partial charge on any atom is 0.394 e. The van der Waals surface area contributed by atoms with E-state index in [2.05, 4.69) is 9.97 Å². The van der Waals surface area contributed by atoms with Crippen molar-refractivity contribution in [3.05, 3.63) is 30.1 Å². The lowest BCUT2D eigenvalue weighted by atomic mass is 9.96. The first kappa shape index (κ1) is 17.3. The van der Waals surface area contributed by atoms with Gasteiger partial charge in [0.1, 0.15) is 5.82 Å². The van der Waals surface area contributed by atoms with Gasteiger partial charge in [0.05, 0.1) is 17.4 Å². The summed E-state index contributed by atoms with van der Waals surface area (Å²) in [5.74, 6) is -6.30. The average molecular weight is 361 g/mol. The molecule has 25 heavy (non-hydrogen) atoms. The van der Waals surface area contributed by atoms with Crippen molar-refractivity contribution in [3.63, 3.8) is 0 Å². The highest BCUT2D eigenvalue weighted by atomic mass is 19.4. The summed E-state index contributed by atoms with van der Waals surface area (Å²) in [7, 11) is 0. The molecule has 2 heterocycles. The van der Waals surface area contributed by atoms with E-state index in [4.69, 9.17) is 5.11 Å². The van der Waals surface area contributed by atoms with Gasteiger partial charge in [-0.1, -0.05) is 12.1 Å². The highest BCUT2D eigenvalue weighted by Crippen LogP contribution is 2.40. The molecule has 1 aromatic heterocycles. The summed E-state index contributed by atoms with van der Waals surface area (Å²) in [5, 5.41) is 9.38. The summed E-state index contributed by atoms with van der Waals surface area (Å²) in [6.07, 6.45) is -7.72. The molecule has 1 saturated heterocycles. The highest BCUT2D eigenvalue weighted by Gasteiger charge is 2.53. The SMILES string of the molecule is O=C(O)[C@@H]1CN(c2nc(C(F)F)nc3ccccc23)C[C@H]1C(F)(F)F. The second-order valence-corrected chi connectivity index (χ2v) is 5.72. The topological polar surface area (TPSA) is 66.3 Å². The number of carboxylic acid groups (broad SMARTS) is 1. The average Bonchev–Trinajstić information content (AvgIpc) is 2.99. The number of hydrogen-bond acceptors (Lipinski definition) is 4. The number of para-hydroxylation sites is 1. The van der Waals surface area contributed by atoms with Crippen molar-refractivity contribution < 1.29 is 31.9 Å². The van der Waals surface area contributed by atoms with Crippen molar-refractivity contribution >= 4 is 22.7 Å². The first-order valence-corrected chi connectivity index (χ1v) is 7.27. The third-order valence-corrected chi connectivity index (χ3v) is 4.15. The van der Waals surface area contributed by atoms with Gasteiger partial charge in [-0.3, -0.25) is 4.79 Å². The number of carbonyl (C=O) groups is 1. The smallest absolute Gasteiger partial charge is 0.394 e. The van der Waals surface area contributed by atoms with Crippen molar-refractivity contribution in [1.29, 1.82) is 0 Å². The van der Waals surface area contributed by atoms with Crippen LogP contribution in [-0.2, 0) is 4.79 Å². The molecular formula is C15H12F5N3O2. The van der Waals surface area contributed by atoms with Crippen LogP contribution in [0, 0.1) is 11.8 Å². The Bertz CT molecular complexity index is 811. The zero-order chi connectivity index (χ0) is 18.4. The number of hydrogen-bond donors (Lipinski definition) is 1. The van der Waals surface area contributed by atoms with Gasteiger partial charge in [-0.15, -0.1) is 0 Å². The quantitative estimate of drug-likeness (QED) is 0.850. The van der Waals surface area contributed by atoms with Gasteiger partial charge in [0.25, 0.3) is 6.43 Å². The van der Waals surface area contributed by atoms with Crippen LogP contribution in [0.2, 0.25) is 0 Å². The molecule has 0 radical (unpaired) electrons. The van der Waals surface area contributed by atoms with E-state index in [1.165, 1.54) is 12.1 Å². The van der Waals surface area contributed by atoms with Crippen LogP contribution in [0.15, 0.2) is 24.3 Å². The molecule has 0 spiro atoms. The van der Waals surface area contributed by atoms with Gasteiger partial charge in [0.15, 0.2) is 5.82 Å². The molecule has 0 bridgehead atoms. The van der Waals surface area contributed by atoms with Gasteiger partial charge >= 0.3 is 12.1 Å². The number of benzene rings is 1. The van der Waals surface area contributed by atoms with Gasteiger partial charge in [-0.05, 0) is 12.1 Å². The minimum atomic E-state index is -4.72. The lowest BCUT2D eigenvalue weighted by molar-refractivity contribution is -0.187. The number of carboxylic acids is 1. The van der Waals surface area contributed by atoms with Crippen LogP contribution in [0.1, 0.15) is 12.2 Å². The summed E-state index contributed by atoms with van der Waals surface area (Å²) in [6.45, 7) is -1.13. The van der Waals surface area contributed by atoms with E-state index in [9.17, 15) is 26.7 Å². The van der Waals surface area contributed by atoms with Gasteiger partial charge in [-0.2, -0.15) is 13.2 Å². The molecule has 134 valence electrons. The van der Waals surface area contributed by atoms with Crippen molar-refractivity contribution in [2.45, 2.75) is 12.6 Å². The molecule has 1 aliphatic heterocycles. The molecule has 0 saturated carbocycles. The summed E-state index contributed by atoms with van der Waals surface area (Å²) >= 11 is 0. The summed E-state index contributed by atoms with van der Waals surface area (Å²) in [6, 6.07) is 6.06. The van der Waals surface area contributed by atoms with E-state index in [1.807, 2.05) is 0 Å². The minimum absolute atomic E-state index is 0.112. The standard InChI is InChI=1S/C15H12F5N3O2/c16-11(17)12-21-10-4-2-1-3-7(10)13(22-12)23-5-8(14(24)25)9(6-23)15(18,19)20/h1-4,8-9,11H,5-6H2,(H,24,25)/t8-,9-/m1/s1. The summed E-state index contributed by atoms with van der Waals surface area (Å²) < 4.78 is 65.4. The molecule has 1 aromatic carbocycles. The Kier molecular flexibility index (Phi) is 4.21. The summed E-state index contributed by atoms with van der Waals surface area (Å²) in [5.41, 5.74) is 0.158. The Balaban J connectivity index is 2.08. The Labute approximate surface area is 138 Å². The molecule has 10 heteroatoms. The minimum Gasteiger partial charge on any atom is -0.481 e. The Morgan fingerprint density at radius 1 is 1.20 bits per heavy atom. The third-order valence-electron chi connectivity index (χ3n) is 4.15. The van der Waals surface area contributed by atoms with E-state index in [1.54, 1.807) is 12.1 Å². The Hall–Kier alpha value is -2.52. The third kappa shape index (κ3) is 3.20. The largest absolute Gasteiger partial charge is 0.481 e. The van der Waals surface area contributed by atoms with Gasteiger partial charge in [-0.25, -0.2) is 18.7 Å². The molecule has 1 fully saturated rings. The van der Waals surface area contributed by atoms with Crippen LogP contribution < -0.4 is 4.90 Å². The molecule has 5 nitrogen and oxygen atoms in total. The van der Waals surface area contributed by atoms with Crippen molar-refractivity contribution in [3.8, 4) is 0 Å². The number of halogens is 5. The van der Waals surface area contributed by atoms with Crippen LogP contribution in [-0.4, -0.2) is 40.3 Å². The molecule has 0 amide bonds. The summed E-state index contributed by atoms with van der Waals surface area (Å²) in [4.78, 5) is 19.7. The number of fused-ring (bicyclic) bond motifs is 1. The van der Waals surface area contributed by atoms with Crippen molar-refractivity contribution in [1.82, 2.24) is 9.97 Å². The van der Waals surface area contributed by atoms with Crippen LogP contribution >= 0.6 is 0 Å². The molecule has 1 N–H and O–H groups in total. The molecule has 2 atom stereocenters. The van der Waals surface area contributed by atoms with Crippen molar-refractivity contribution in [2.24, 2.45) is 11.8 Å². The van der Waals surface area contributed by atoms with E-state index in [-0.39, 0.29) is 11.3 Å². The maximum atomic E-state index is 13.1. The first-order chi connectivity index (χ1) is 11.7. The van der Waals surface area contributed by atoms with Gasteiger partial charge in [0, 0.05) is 18.5 Å². The second-order valence-electron chi connectivity index (χ2n) is 5.72. The molecule has 0 aliphatic carbocycles. The number of nitrogens with zero attached hydrogens (tertiary/aromatic N) is 3. The molecular weight excluding hydrogens is 349 g/mol.